The standard InChI is InChI=1S/C14H16F2N4O/c15-14(16)3-1-10(2-4-14)12-7-11(8-13(21)20(12)17)19-6-5-18-9-19/h5-10H,1-4,17H2. The third-order valence-electron chi connectivity index (χ3n) is 4.02. The van der Waals surface area contributed by atoms with Crippen LogP contribution in [-0.2, 0) is 0 Å². The molecule has 2 N–H and O–H groups in total. The Morgan fingerprint density at radius 3 is 2.62 bits per heavy atom. The number of pyridine rings is 1. The first-order valence-corrected chi connectivity index (χ1v) is 6.84. The number of nitrogens with zero attached hydrogens (tertiary/aromatic N) is 3. The number of hydrogen-bond acceptors (Lipinski definition) is 3. The normalized spacial score (nSPS) is 18.8. The lowest BCUT2D eigenvalue weighted by Gasteiger charge is -2.29. The van der Waals surface area contributed by atoms with Crippen LogP contribution in [0.25, 0.3) is 5.69 Å². The molecule has 0 bridgehead atoms. The molecule has 0 amide bonds. The quantitative estimate of drug-likeness (QED) is 0.862. The van der Waals surface area contributed by atoms with Crippen molar-refractivity contribution < 1.29 is 8.78 Å². The first kappa shape index (κ1) is 13.8. The van der Waals surface area contributed by atoms with Crippen molar-refractivity contribution in [2.24, 2.45) is 0 Å². The summed E-state index contributed by atoms with van der Waals surface area (Å²) < 4.78 is 29.3. The number of imidazole rings is 1. The molecule has 21 heavy (non-hydrogen) atoms. The van der Waals surface area contributed by atoms with E-state index in [-0.39, 0.29) is 24.3 Å². The zero-order chi connectivity index (χ0) is 15.0. The topological polar surface area (TPSA) is 65.8 Å². The van der Waals surface area contributed by atoms with Crippen molar-refractivity contribution in [2.45, 2.75) is 37.5 Å². The van der Waals surface area contributed by atoms with Gasteiger partial charge in [-0.25, -0.2) is 18.4 Å². The third-order valence-corrected chi connectivity index (χ3v) is 4.02. The Hall–Kier alpha value is -2.18. The maximum absolute atomic E-state index is 13.3. The molecule has 2 aromatic heterocycles. The number of nitrogen functional groups attached to an aromatic ring is 1. The molecule has 1 aliphatic rings. The molecule has 0 saturated heterocycles. The van der Waals surface area contributed by atoms with Crippen LogP contribution in [0.2, 0.25) is 0 Å². The second-order valence-corrected chi connectivity index (χ2v) is 5.45. The van der Waals surface area contributed by atoms with Crippen LogP contribution in [0.3, 0.4) is 0 Å². The summed E-state index contributed by atoms with van der Waals surface area (Å²) >= 11 is 0. The van der Waals surface area contributed by atoms with E-state index in [1.54, 1.807) is 29.4 Å². The van der Waals surface area contributed by atoms with Crippen molar-refractivity contribution >= 4 is 0 Å². The van der Waals surface area contributed by atoms with Gasteiger partial charge in [-0.3, -0.25) is 4.79 Å². The molecule has 3 rings (SSSR count). The van der Waals surface area contributed by atoms with Crippen molar-refractivity contribution in [2.75, 3.05) is 5.84 Å². The van der Waals surface area contributed by atoms with Gasteiger partial charge in [0.15, 0.2) is 0 Å². The molecule has 7 heteroatoms. The first-order valence-electron chi connectivity index (χ1n) is 6.84. The van der Waals surface area contributed by atoms with Gasteiger partial charge in [0, 0.05) is 42.9 Å². The SMILES string of the molecule is Nn1c(C2CCC(F)(F)CC2)cc(-n2ccnc2)cc1=O. The lowest BCUT2D eigenvalue weighted by molar-refractivity contribution is -0.0386. The van der Waals surface area contributed by atoms with Crippen LogP contribution >= 0.6 is 0 Å². The average Bonchev–Trinajstić information content (AvgIpc) is 2.96. The van der Waals surface area contributed by atoms with Gasteiger partial charge in [0.25, 0.3) is 5.56 Å². The molecule has 112 valence electrons. The largest absolute Gasteiger partial charge is 0.336 e. The van der Waals surface area contributed by atoms with Gasteiger partial charge in [0.1, 0.15) is 0 Å². The molecule has 0 spiro atoms. The maximum atomic E-state index is 13.3. The molecule has 1 aliphatic carbocycles. The summed E-state index contributed by atoms with van der Waals surface area (Å²) in [5.41, 5.74) is 0.891. The first-order chi connectivity index (χ1) is 9.96. The van der Waals surface area contributed by atoms with Crippen LogP contribution in [0.15, 0.2) is 35.6 Å². The monoisotopic (exact) mass is 294 g/mol. The fourth-order valence-corrected chi connectivity index (χ4v) is 2.80. The zero-order valence-corrected chi connectivity index (χ0v) is 11.4. The van der Waals surface area contributed by atoms with Crippen LogP contribution in [0.1, 0.15) is 37.3 Å². The van der Waals surface area contributed by atoms with Gasteiger partial charge in [-0.2, -0.15) is 0 Å². The van der Waals surface area contributed by atoms with Gasteiger partial charge in [0.2, 0.25) is 5.92 Å². The highest BCUT2D eigenvalue weighted by atomic mass is 19.3. The predicted octanol–water partition coefficient (Wildman–Crippen LogP) is 2.04. The number of halogens is 2. The highest BCUT2D eigenvalue weighted by Crippen LogP contribution is 2.40. The van der Waals surface area contributed by atoms with E-state index in [9.17, 15) is 13.6 Å². The lowest BCUT2D eigenvalue weighted by atomic mass is 9.84. The summed E-state index contributed by atoms with van der Waals surface area (Å²) in [4.78, 5) is 15.9. The van der Waals surface area contributed by atoms with Crippen molar-refractivity contribution in [1.82, 2.24) is 14.2 Å². The van der Waals surface area contributed by atoms with Crippen LogP contribution in [0, 0.1) is 0 Å². The number of hydrogen-bond donors (Lipinski definition) is 1. The second-order valence-electron chi connectivity index (χ2n) is 5.45. The fraction of sp³-hybridized carbons (Fsp3) is 0.429. The van der Waals surface area contributed by atoms with E-state index in [2.05, 4.69) is 4.98 Å². The molecule has 0 aromatic carbocycles. The minimum atomic E-state index is -2.60. The van der Waals surface area contributed by atoms with E-state index in [1.807, 2.05) is 0 Å². The fourth-order valence-electron chi connectivity index (χ4n) is 2.80. The van der Waals surface area contributed by atoms with E-state index >= 15 is 0 Å². The molecule has 2 heterocycles. The molecule has 0 unspecified atom stereocenters. The highest BCUT2D eigenvalue weighted by molar-refractivity contribution is 5.34. The van der Waals surface area contributed by atoms with Crippen LogP contribution in [0.4, 0.5) is 8.78 Å². The minimum Gasteiger partial charge on any atom is -0.336 e. The van der Waals surface area contributed by atoms with E-state index in [4.69, 9.17) is 5.84 Å². The number of aromatic nitrogens is 3. The van der Waals surface area contributed by atoms with Crippen molar-refractivity contribution in [3.8, 4) is 5.69 Å². The highest BCUT2D eigenvalue weighted by Gasteiger charge is 2.36. The average molecular weight is 294 g/mol. The second kappa shape index (κ2) is 4.98. The summed E-state index contributed by atoms with van der Waals surface area (Å²) in [6, 6.07) is 3.18. The molecule has 1 saturated carbocycles. The molecular weight excluding hydrogens is 278 g/mol. The van der Waals surface area contributed by atoms with Crippen LogP contribution in [0.5, 0.6) is 0 Å². The van der Waals surface area contributed by atoms with Crippen LogP contribution < -0.4 is 11.4 Å². The Kier molecular flexibility index (Phi) is 3.27. The molecular formula is C14H16F2N4O. The van der Waals surface area contributed by atoms with E-state index in [0.29, 0.717) is 24.2 Å². The van der Waals surface area contributed by atoms with Gasteiger partial charge < -0.3 is 10.4 Å². The lowest BCUT2D eigenvalue weighted by Crippen LogP contribution is -2.33. The summed E-state index contributed by atoms with van der Waals surface area (Å²) in [7, 11) is 0. The zero-order valence-electron chi connectivity index (χ0n) is 11.4. The molecule has 0 atom stereocenters. The van der Waals surface area contributed by atoms with Gasteiger partial charge in [0.05, 0.1) is 12.0 Å². The Labute approximate surface area is 120 Å². The van der Waals surface area contributed by atoms with E-state index in [0.717, 1.165) is 4.68 Å². The van der Waals surface area contributed by atoms with Crippen molar-refractivity contribution in [3.63, 3.8) is 0 Å². The molecule has 2 aromatic rings. The minimum absolute atomic E-state index is 0.120. The number of nitrogens with two attached hydrogens (primary N) is 1. The van der Waals surface area contributed by atoms with Crippen molar-refractivity contribution in [1.29, 1.82) is 0 Å². The Bertz CT molecular complexity index is 683. The smallest absolute Gasteiger partial charge is 0.270 e. The Balaban J connectivity index is 1.97. The Morgan fingerprint density at radius 1 is 1.29 bits per heavy atom. The molecule has 0 aliphatic heterocycles. The van der Waals surface area contributed by atoms with Gasteiger partial charge >= 0.3 is 0 Å². The van der Waals surface area contributed by atoms with Gasteiger partial charge in [-0.15, -0.1) is 0 Å². The summed E-state index contributed by atoms with van der Waals surface area (Å²) in [6.45, 7) is 0. The number of rotatable bonds is 2. The molecule has 0 radical (unpaired) electrons. The van der Waals surface area contributed by atoms with E-state index < -0.39 is 5.92 Å². The van der Waals surface area contributed by atoms with E-state index in [1.165, 1.54) is 6.07 Å². The summed E-state index contributed by atoms with van der Waals surface area (Å²) in [6.07, 6.45) is 5.23. The summed E-state index contributed by atoms with van der Waals surface area (Å²) in [5.74, 6) is 3.08. The molecule has 5 nitrogen and oxygen atoms in total. The third kappa shape index (κ3) is 2.68. The van der Waals surface area contributed by atoms with Crippen molar-refractivity contribution in [3.05, 3.63) is 46.9 Å². The van der Waals surface area contributed by atoms with Crippen LogP contribution in [-0.4, -0.2) is 20.1 Å². The number of alkyl halides is 2. The van der Waals surface area contributed by atoms with Gasteiger partial charge in [-0.05, 0) is 18.9 Å². The predicted molar refractivity (Wildman–Crippen MR) is 74.1 cm³/mol. The maximum Gasteiger partial charge on any atom is 0.270 e. The van der Waals surface area contributed by atoms with Gasteiger partial charge in [-0.1, -0.05) is 0 Å². The molecule has 1 fully saturated rings. The summed E-state index contributed by atoms with van der Waals surface area (Å²) in [5, 5.41) is 0. The Morgan fingerprint density at radius 2 is 2.00 bits per heavy atom.